The number of rotatable bonds is 2. The summed E-state index contributed by atoms with van der Waals surface area (Å²) in [5, 5.41) is 3.01. The third kappa shape index (κ3) is 4.13. The van der Waals surface area contributed by atoms with Crippen molar-refractivity contribution in [1.82, 2.24) is 9.80 Å². The predicted octanol–water partition coefficient (Wildman–Crippen LogP) is 1.82. The van der Waals surface area contributed by atoms with Crippen LogP contribution in [-0.2, 0) is 9.53 Å². The highest BCUT2D eigenvalue weighted by Gasteiger charge is 2.23. The highest BCUT2D eigenvalue weighted by Crippen LogP contribution is 2.24. The van der Waals surface area contributed by atoms with Gasteiger partial charge in [-0.2, -0.15) is 0 Å². The summed E-state index contributed by atoms with van der Waals surface area (Å²) in [6.07, 6.45) is 0. The molecular formula is C15H18ClN3O4. The molecular weight excluding hydrogens is 322 g/mol. The summed E-state index contributed by atoms with van der Waals surface area (Å²) in [6, 6.07) is 4.20. The first-order valence-corrected chi connectivity index (χ1v) is 7.49. The Labute approximate surface area is 139 Å². The van der Waals surface area contributed by atoms with E-state index >= 15 is 0 Å². The molecule has 8 heteroatoms. The molecule has 0 bridgehead atoms. The molecule has 1 aliphatic rings. The number of piperazine rings is 1. The van der Waals surface area contributed by atoms with Crippen LogP contribution in [0.5, 0.6) is 0 Å². The Balaban J connectivity index is 2.03. The number of nitrogens with zero attached hydrogens (tertiary/aromatic N) is 2. The normalized spacial score (nSPS) is 14.4. The van der Waals surface area contributed by atoms with Crippen molar-refractivity contribution in [3.63, 3.8) is 0 Å². The van der Waals surface area contributed by atoms with E-state index in [-0.39, 0.29) is 11.9 Å². The largest absolute Gasteiger partial charge is 0.465 e. The third-order valence-electron chi connectivity index (χ3n) is 3.64. The Kier molecular flexibility index (Phi) is 5.44. The van der Waals surface area contributed by atoms with Gasteiger partial charge in [-0.3, -0.25) is 4.79 Å². The molecule has 1 heterocycles. The molecule has 1 fully saturated rings. The Morgan fingerprint density at radius 2 is 1.74 bits per heavy atom. The molecule has 0 radical (unpaired) electrons. The average Bonchev–Trinajstić information content (AvgIpc) is 2.56. The second-order valence-electron chi connectivity index (χ2n) is 5.11. The standard InChI is InChI=1S/C15H18ClN3O4/c1-10(20)18-5-7-19(8-6-18)15(22)17-13-9-11(14(21)23-2)3-4-12(13)16/h3-4,9H,5-8H2,1-2H3,(H,17,22). The summed E-state index contributed by atoms with van der Waals surface area (Å²) in [6.45, 7) is 3.39. The molecule has 0 saturated carbocycles. The van der Waals surface area contributed by atoms with Gasteiger partial charge < -0.3 is 19.9 Å². The molecule has 2 rings (SSSR count). The number of urea groups is 1. The Hall–Kier alpha value is -2.28. The van der Waals surface area contributed by atoms with Crippen molar-refractivity contribution in [2.45, 2.75) is 6.92 Å². The maximum atomic E-state index is 12.3. The van der Waals surface area contributed by atoms with Crippen LogP contribution in [0.15, 0.2) is 18.2 Å². The molecule has 0 unspecified atom stereocenters. The van der Waals surface area contributed by atoms with Gasteiger partial charge in [-0.25, -0.2) is 9.59 Å². The van der Waals surface area contributed by atoms with Crippen molar-refractivity contribution in [3.05, 3.63) is 28.8 Å². The topological polar surface area (TPSA) is 79.0 Å². The Bertz CT molecular complexity index is 627. The van der Waals surface area contributed by atoms with E-state index < -0.39 is 5.97 Å². The lowest BCUT2D eigenvalue weighted by Gasteiger charge is -2.34. The van der Waals surface area contributed by atoms with Gasteiger partial charge in [-0.1, -0.05) is 11.6 Å². The minimum absolute atomic E-state index is 0.00104. The fourth-order valence-electron chi connectivity index (χ4n) is 2.28. The fourth-order valence-corrected chi connectivity index (χ4v) is 2.45. The Morgan fingerprint density at radius 1 is 1.13 bits per heavy atom. The van der Waals surface area contributed by atoms with E-state index in [9.17, 15) is 14.4 Å². The number of benzene rings is 1. The van der Waals surface area contributed by atoms with Gasteiger partial charge >= 0.3 is 12.0 Å². The lowest BCUT2D eigenvalue weighted by Crippen LogP contribution is -2.51. The summed E-state index contributed by atoms with van der Waals surface area (Å²) >= 11 is 6.05. The molecule has 1 saturated heterocycles. The zero-order valence-electron chi connectivity index (χ0n) is 13.0. The molecule has 1 aromatic rings. The van der Waals surface area contributed by atoms with Gasteiger partial charge in [-0.15, -0.1) is 0 Å². The third-order valence-corrected chi connectivity index (χ3v) is 3.97. The number of hydrogen-bond acceptors (Lipinski definition) is 4. The van der Waals surface area contributed by atoms with E-state index in [1.807, 2.05) is 0 Å². The highest BCUT2D eigenvalue weighted by atomic mass is 35.5. The van der Waals surface area contributed by atoms with Gasteiger partial charge in [-0.05, 0) is 18.2 Å². The lowest BCUT2D eigenvalue weighted by molar-refractivity contribution is -0.130. The number of halogens is 1. The second-order valence-corrected chi connectivity index (χ2v) is 5.52. The number of esters is 1. The van der Waals surface area contributed by atoms with Crippen LogP contribution in [0.25, 0.3) is 0 Å². The highest BCUT2D eigenvalue weighted by molar-refractivity contribution is 6.33. The number of anilines is 1. The predicted molar refractivity (Wildman–Crippen MR) is 85.6 cm³/mol. The van der Waals surface area contributed by atoms with Crippen LogP contribution in [0.2, 0.25) is 5.02 Å². The van der Waals surface area contributed by atoms with Crippen LogP contribution >= 0.6 is 11.6 Å². The summed E-state index contributed by atoms with van der Waals surface area (Å²) in [4.78, 5) is 38.4. The molecule has 0 atom stereocenters. The number of nitrogens with one attached hydrogen (secondary N) is 1. The maximum absolute atomic E-state index is 12.3. The number of ether oxygens (including phenoxy) is 1. The van der Waals surface area contributed by atoms with Crippen LogP contribution in [0.3, 0.4) is 0 Å². The first-order valence-electron chi connectivity index (χ1n) is 7.11. The van der Waals surface area contributed by atoms with Crippen LogP contribution in [0.4, 0.5) is 10.5 Å². The number of amides is 3. The zero-order valence-corrected chi connectivity index (χ0v) is 13.7. The monoisotopic (exact) mass is 339 g/mol. The molecule has 124 valence electrons. The molecule has 3 amide bonds. The Morgan fingerprint density at radius 3 is 2.30 bits per heavy atom. The molecule has 0 aromatic heterocycles. The van der Waals surface area contributed by atoms with Gasteiger partial charge in [0, 0.05) is 33.1 Å². The first-order chi connectivity index (χ1) is 10.9. The molecule has 0 aliphatic carbocycles. The van der Waals surface area contributed by atoms with Crippen molar-refractivity contribution >= 4 is 35.2 Å². The lowest BCUT2D eigenvalue weighted by atomic mass is 10.2. The minimum atomic E-state index is -0.507. The van der Waals surface area contributed by atoms with Crippen LogP contribution in [0, 0.1) is 0 Å². The quantitative estimate of drug-likeness (QED) is 0.834. The van der Waals surface area contributed by atoms with Gasteiger partial charge in [0.1, 0.15) is 0 Å². The van der Waals surface area contributed by atoms with E-state index in [0.717, 1.165) is 0 Å². The van der Waals surface area contributed by atoms with Crippen LogP contribution in [0.1, 0.15) is 17.3 Å². The summed E-state index contributed by atoms with van der Waals surface area (Å²) < 4.78 is 4.64. The smallest absolute Gasteiger partial charge is 0.337 e. The van der Waals surface area contributed by atoms with Crippen molar-refractivity contribution < 1.29 is 19.1 Å². The number of carbonyl (C=O) groups excluding carboxylic acids is 3. The number of hydrogen-bond donors (Lipinski definition) is 1. The second kappa shape index (κ2) is 7.32. The molecule has 0 spiro atoms. The zero-order chi connectivity index (χ0) is 17.0. The number of carbonyl (C=O) groups is 3. The van der Waals surface area contributed by atoms with E-state index in [4.69, 9.17) is 11.6 Å². The molecule has 23 heavy (non-hydrogen) atoms. The van der Waals surface area contributed by atoms with Gasteiger partial charge in [0.25, 0.3) is 0 Å². The summed E-state index contributed by atoms with van der Waals surface area (Å²) in [5.41, 5.74) is 0.641. The van der Waals surface area contributed by atoms with E-state index in [1.54, 1.807) is 9.80 Å². The van der Waals surface area contributed by atoms with Gasteiger partial charge in [0.2, 0.25) is 5.91 Å². The van der Waals surface area contributed by atoms with E-state index in [0.29, 0.717) is 42.5 Å². The SMILES string of the molecule is COC(=O)c1ccc(Cl)c(NC(=O)N2CCN(C(C)=O)CC2)c1. The van der Waals surface area contributed by atoms with Crippen LogP contribution in [-0.4, -0.2) is 61.0 Å². The molecule has 7 nitrogen and oxygen atoms in total. The van der Waals surface area contributed by atoms with Crippen LogP contribution < -0.4 is 5.32 Å². The summed E-state index contributed by atoms with van der Waals surface area (Å²) in [7, 11) is 1.28. The first kappa shape index (κ1) is 17.1. The number of methoxy groups -OCH3 is 1. The van der Waals surface area contributed by atoms with Crippen molar-refractivity contribution in [3.8, 4) is 0 Å². The fraction of sp³-hybridized carbons (Fsp3) is 0.400. The average molecular weight is 340 g/mol. The van der Waals surface area contributed by atoms with E-state index in [1.165, 1.54) is 32.2 Å². The summed E-state index contributed by atoms with van der Waals surface area (Å²) in [5.74, 6) is -0.508. The molecule has 1 N–H and O–H groups in total. The molecule has 1 aliphatic heterocycles. The van der Waals surface area contributed by atoms with Gasteiger partial charge in [0.15, 0.2) is 0 Å². The minimum Gasteiger partial charge on any atom is -0.465 e. The van der Waals surface area contributed by atoms with Crippen molar-refractivity contribution in [1.29, 1.82) is 0 Å². The van der Waals surface area contributed by atoms with E-state index in [2.05, 4.69) is 10.1 Å². The van der Waals surface area contributed by atoms with Crippen molar-refractivity contribution in [2.75, 3.05) is 38.6 Å². The maximum Gasteiger partial charge on any atom is 0.337 e. The van der Waals surface area contributed by atoms with Gasteiger partial charge in [0.05, 0.1) is 23.4 Å². The van der Waals surface area contributed by atoms with Crippen molar-refractivity contribution in [2.24, 2.45) is 0 Å². The molecule has 1 aromatic carbocycles.